The molecule has 0 unspecified atom stereocenters. The number of esters is 4. The number of Topliss-reactive ketones (excluding diaryl/α,β-unsaturated/α-hetero) is 1. The van der Waals surface area contributed by atoms with Crippen LogP contribution in [0.4, 0.5) is 15.3 Å². The van der Waals surface area contributed by atoms with Crippen molar-refractivity contribution in [1.29, 1.82) is 0 Å². The van der Waals surface area contributed by atoms with Crippen molar-refractivity contribution >= 4 is 53.4 Å². The summed E-state index contributed by atoms with van der Waals surface area (Å²) in [4.78, 5) is 128. The number of hydrogen-bond donors (Lipinski definition) is 3. The van der Waals surface area contributed by atoms with Crippen LogP contribution in [0.25, 0.3) is 0 Å². The molecule has 3 amide bonds. The number of ketones is 1. The molecule has 2 bridgehead atoms. The number of benzene rings is 5. The van der Waals surface area contributed by atoms with Gasteiger partial charge in [-0.1, -0.05) is 98.8 Å². The molecule has 0 spiro atoms. The maximum absolute atomic E-state index is 15.9. The molecule has 90 heavy (non-hydrogen) atoms. The van der Waals surface area contributed by atoms with Crippen LogP contribution >= 0.6 is 0 Å². The summed E-state index contributed by atoms with van der Waals surface area (Å²) in [6.45, 7) is 6.91. The lowest BCUT2D eigenvalue weighted by atomic mass is 9.44. The van der Waals surface area contributed by atoms with Gasteiger partial charge in [-0.05, 0) is 84.7 Å². The number of rotatable bonds is 19. The van der Waals surface area contributed by atoms with Gasteiger partial charge in [0.25, 0.3) is 5.91 Å². The Hall–Kier alpha value is -9.52. The average molecular weight is 1240 g/mol. The summed E-state index contributed by atoms with van der Waals surface area (Å²) < 4.78 is 48.5. The van der Waals surface area contributed by atoms with Crippen LogP contribution in [0, 0.1) is 26.9 Å². The first kappa shape index (κ1) is 64.9. The van der Waals surface area contributed by atoms with Gasteiger partial charge in [0.2, 0.25) is 11.9 Å². The van der Waals surface area contributed by atoms with E-state index in [4.69, 9.17) is 37.9 Å². The predicted octanol–water partition coefficient (Wildman–Crippen LogP) is 7.78. The van der Waals surface area contributed by atoms with Crippen LogP contribution in [0.15, 0.2) is 151 Å². The van der Waals surface area contributed by atoms with Crippen molar-refractivity contribution in [1.82, 2.24) is 15.1 Å². The first-order chi connectivity index (χ1) is 42.7. The van der Waals surface area contributed by atoms with Crippen molar-refractivity contribution < 1.29 is 91.4 Å². The van der Waals surface area contributed by atoms with Gasteiger partial charge in [0.1, 0.15) is 42.3 Å². The van der Waals surface area contributed by atoms with Crippen molar-refractivity contribution in [2.45, 2.75) is 115 Å². The number of nitro groups is 1. The molecule has 1 heterocycles. The van der Waals surface area contributed by atoms with Crippen LogP contribution < -0.4 is 10.1 Å². The SMILES string of the molecule is CC(=O)O[C@H]1C(=O)[C@@]2(C)[C@H]([C@H](OC(=O)c3ccccc3)[C@]3(O)C[C@H](OC(=O)[C@H](OC(=O)N(C)CCN(C)C(=O)OCc4ccc([N+](=O)[O-])c(Oc5ccccc5)c4)[C@@H](NC(=O)c4ccccc4)c4ccccc4)C(C)=C1C3(C)C)[C@]1(OC(C)=O)CO[C@@H]1C[C@@H]2O. The first-order valence-corrected chi connectivity index (χ1v) is 29.0. The van der Waals surface area contributed by atoms with E-state index in [1.165, 1.54) is 84.3 Å². The number of fused-ring (bicyclic) bond motifs is 5. The Morgan fingerprint density at radius 2 is 1.37 bits per heavy atom. The lowest BCUT2D eigenvalue weighted by molar-refractivity contribution is -0.385. The molecule has 3 N–H and O–H groups in total. The minimum Gasteiger partial charge on any atom is -0.455 e. The smallest absolute Gasteiger partial charge is 0.410 e. The molecule has 0 radical (unpaired) electrons. The molecule has 2 saturated carbocycles. The number of carbonyl (C=O) groups excluding carboxylic acids is 8. The van der Waals surface area contributed by atoms with E-state index in [0.717, 1.165) is 23.6 Å². The van der Waals surface area contributed by atoms with Gasteiger partial charge in [-0.25, -0.2) is 19.2 Å². The number of carbonyl (C=O) groups is 8. The molecule has 0 aromatic heterocycles. The summed E-state index contributed by atoms with van der Waals surface area (Å²) in [6, 6.07) is 34.5. The predicted molar refractivity (Wildman–Crippen MR) is 317 cm³/mol. The highest BCUT2D eigenvalue weighted by atomic mass is 16.6. The zero-order valence-electron chi connectivity index (χ0n) is 50.7. The topological polar surface area (TPSA) is 313 Å². The molecule has 1 saturated heterocycles. The van der Waals surface area contributed by atoms with Gasteiger partial charge in [0.15, 0.2) is 17.5 Å². The van der Waals surface area contributed by atoms with Crippen molar-refractivity contribution in [3.63, 3.8) is 0 Å². The Balaban J connectivity index is 1.06. The van der Waals surface area contributed by atoms with Crippen LogP contribution in [0.3, 0.4) is 0 Å². The van der Waals surface area contributed by atoms with E-state index in [9.17, 15) is 49.1 Å². The molecule has 474 valence electrons. The largest absolute Gasteiger partial charge is 0.455 e. The molecular weight excluding hydrogens is 1170 g/mol. The van der Waals surface area contributed by atoms with E-state index in [-0.39, 0.29) is 72.0 Å². The third kappa shape index (κ3) is 12.7. The fourth-order valence-corrected chi connectivity index (χ4v) is 12.7. The number of ether oxygens (including phenoxy) is 8. The second-order valence-corrected chi connectivity index (χ2v) is 23.6. The van der Waals surface area contributed by atoms with Gasteiger partial charge in [-0.3, -0.25) is 29.3 Å². The Bertz CT molecular complexity index is 3590. The van der Waals surface area contributed by atoms with E-state index < -0.39 is 130 Å². The highest BCUT2D eigenvalue weighted by molar-refractivity contribution is 5.96. The number of nitrogens with one attached hydrogen (secondary N) is 1. The minimum atomic E-state index is -2.55. The average Bonchev–Trinajstić information content (AvgIpc) is 0.686. The Labute approximate surface area is 518 Å². The molecule has 5 aromatic rings. The molecule has 1 aliphatic heterocycles. The summed E-state index contributed by atoms with van der Waals surface area (Å²) in [5.41, 5.74) is -7.98. The first-order valence-electron chi connectivity index (χ1n) is 29.0. The maximum Gasteiger partial charge on any atom is 0.410 e. The second-order valence-electron chi connectivity index (χ2n) is 23.6. The maximum atomic E-state index is 15.9. The summed E-state index contributed by atoms with van der Waals surface area (Å²) >= 11 is 0. The van der Waals surface area contributed by atoms with Gasteiger partial charge in [-0.15, -0.1) is 0 Å². The fraction of sp³-hybridized carbons (Fsp3) is 0.394. The zero-order chi connectivity index (χ0) is 65.0. The summed E-state index contributed by atoms with van der Waals surface area (Å²) in [7, 11) is 2.70. The van der Waals surface area contributed by atoms with Crippen LogP contribution in [-0.2, 0) is 58.9 Å². The van der Waals surface area contributed by atoms with Gasteiger partial charge in [0, 0.05) is 70.9 Å². The van der Waals surface area contributed by atoms with Gasteiger partial charge >= 0.3 is 41.8 Å². The molecule has 9 rings (SSSR count). The van der Waals surface area contributed by atoms with E-state index in [0.29, 0.717) is 11.3 Å². The lowest BCUT2D eigenvalue weighted by Gasteiger charge is -2.67. The Morgan fingerprint density at radius 1 is 0.778 bits per heavy atom. The molecule has 24 nitrogen and oxygen atoms in total. The number of para-hydroxylation sites is 1. The molecule has 11 atom stereocenters. The number of aliphatic hydroxyl groups excluding tert-OH is 1. The Kier molecular flexibility index (Phi) is 19.0. The van der Waals surface area contributed by atoms with Crippen molar-refractivity contribution in [2.75, 3.05) is 33.8 Å². The number of nitro benzene ring substituents is 1. The normalized spacial score (nSPS) is 25.2. The molecule has 3 fully saturated rings. The number of hydrogen-bond acceptors (Lipinski definition) is 20. The summed E-state index contributed by atoms with van der Waals surface area (Å²) in [5.74, 6) is -7.18. The van der Waals surface area contributed by atoms with Crippen molar-refractivity contribution in [2.24, 2.45) is 16.7 Å². The van der Waals surface area contributed by atoms with Crippen LogP contribution in [0.2, 0.25) is 0 Å². The van der Waals surface area contributed by atoms with Crippen LogP contribution in [-0.4, -0.2) is 154 Å². The quantitative estimate of drug-likeness (QED) is 0.0233. The van der Waals surface area contributed by atoms with Crippen molar-refractivity contribution in [3.05, 3.63) is 183 Å². The molecule has 5 aromatic carbocycles. The summed E-state index contributed by atoms with van der Waals surface area (Å²) in [5, 5.41) is 41.1. The Morgan fingerprint density at radius 3 is 1.94 bits per heavy atom. The number of likely N-dealkylation sites (N-methyl/N-ethyl adjacent to an activating group) is 2. The monoisotopic (exact) mass is 1240 g/mol. The third-order valence-electron chi connectivity index (χ3n) is 17.6. The van der Waals surface area contributed by atoms with E-state index >= 15 is 9.59 Å². The lowest BCUT2D eigenvalue weighted by Crippen LogP contribution is -2.82. The molecule has 24 heteroatoms. The van der Waals surface area contributed by atoms with Gasteiger partial charge < -0.3 is 63.2 Å². The second kappa shape index (κ2) is 26.3. The molecule has 3 aliphatic carbocycles. The highest BCUT2D eigenvalue weighted by Gasteiger charge is 2.78. The van der Waals surface area contributed by atoms with Crippen molar-refractivity contribution in [3.8, 4) is 11.5 Å². The van der Waals surface area contributed by atoms with Gasteiger partial charge in [0.05, 0.1) is 34.5 Å². The summed E-state index contributed by atoms with van der Waals surface area (Å²) in [6.07, 6.45) is -13.4. The van der Waals surface area contributed by atoms with Gasteiger partial charge in [-0.2, -0.15) is 0 Å². The number of aliphatic hydroxyl groups is 2. The number of amides is 3. The minimum absolute atomic E-state index is 0.00602. The zero-order valence-corrected chi connectivity index (χ0v) is 50.7. The standard InChI is InChI=1S/C66H70N4O20/c1-38-48(35-66(80)57(89-59(76)44-25-17-11-18-26-44)55-64(6,49(73)34-50-65(55,37-84-50)90-40(3)72)56(74)53(85-39(2)71)51(38)63(66,4)5)87-60(77)54(52(42-21-13-9-14-22-42)67-58(75)43-23-15-10-16-24-43)88-62(79)69(8)32-31-68(7)61(78)83-36-41-29-30-46(70(81)82)47(33-41)86-45-27-19-12-20-28-45/h9-30,33,48-50,52-55,57,73,80H,31-32,34-37H2,1-8H3,(H,67,75)/t48-,49-,50+,52-,53+,54+,55-,57-,64+,65-,66+/m0/s1. The van der Waals surface area contributed by atoms with E-state index in [1.54, 1.807) is 97.1 Å². The molecular formula is C66H70N4O20. The van der Waals surface area contributed by atoms with Crippen LogP contribution in [0.1, 0.15) is 92.3 Å². The molecule has 4 aliphatic rings. The highest BCUT2D eigenvalue weighted by Crippen LogP contribution is 2.64. The fourth-order valence-electron chi connectivity index (χ4n) is 12.7. The third-order valence-corrected chi connectivity index (χ3v) is 17.6. The number of nitrogens with zero attached hydrogens (tertiary/aromatic N) is 3. The van der Waals surface area contributed by atoms with E-state index in [1.807, 2.05) is 0 Å². The van der Waals surface area contributed by atoms with Crippen LogP contribution in [0.5, 0.6) is 11.5 Å². The van der Waals surface area contributed by atoms with E-state index in [2.05, 4.69) is 5.32 Å².